The van der Waals surface area contributed by atoms with E-state index < -0.39 is 18.1 Å². The maximum absolute atomic E-state index is 13.1. The van der Waals surface area contributed by atoms with E-state index in [1.807, 2.05) is 112 Å². The van der Waals surface area contributed by atoms with Gasteiger partial charge in [-0.2, -0.15) is 0 Å². The van der Waals surface area contributed by atoms with E-state index in [1.165, 1.54) is 0 Å². The minimum atomic E-state index is -0.715. The predicted molar refractivity (Wildman–Crippen MR) is 191 cm³/mol. The molecule has 0 fully saturated rings. The first-order chi connectivity index (χ1) is 23.0. The monoisotopic (exact) mass is 648 g/mol. The summed E-state index contributed by atoms with van der Waals surface area (Å²) in [6, 6.07) is 26.8. The van der Waals surface area contributed by atoms with E-state index in [0.29, 0.717) is 19.3 Å². The molecular weight excluding hydrogens is 600 g/mol. The van der Waals surface area contributed by atoms with E-state index in [2.05, 4.69) is 16.0 Å². The van der Waals surface area contributed by atoms with Gasteiger partial charge in [-0.25, -0.2) is 0 Å². The standard InChI is InChI=1S/C39H48N6O3/c1-25-31(22-43-37(46)34(40)19-28-13-7-4-8-14-28)26(2)33(24-45-39(48)36(42)21-30-17-11-6-12-18-30)27(3)32(25)23-44-38(47)35(41)20-29-15-9-5-10-16-29/h4-18,34-36H,19-24,40-42H2,1-3H3,(H,43,46)(H,44,47)(H,45,48). The van der Waals surface area contributed by atoms with Gasteiger partial charge < -0.3 is 33.2 Å². The van der Waals surface area contributed by atoms with Gasteiger partial charge in [0.2, 0.25) is 17.7 Å². The summed E-state index contributed by atoms with van der Waals surface area (Å²) < 4.78 is 0. The third-order valence-corrected chi connectivity index (χ3v) is 8.94. The highest BCUT2D eigenvalue weighted by Crippen LogP contribution is 2.28. The number of nitrogens with two attached hydrogens (primary N) is 3. The molecule has 0 heterocycles. The van der Waals surface area contributed by atoms with E-state index in [0.717, 1.165) is 50.1 Å². The van der Waals surface area contributed by atoms with Gasteiger partial charge in [0.1, 0.15) is 0 Å². The second-order valence-corrected chi connectivity index (χ2v) is 12.4. The summed E-state index contributed by atoms with van der Waals surface area (Å²) in [5.41, 5.74) is 27.3. The fourth-order valence-corrected chi connectivity index (χ4v) is 5.99. The van der Waals surface area contributed by atoms with Crippen molar-refractivity contribution in [1.82, 2.24) is 16.0 Å². The molecule has 0 saturated heterocycles. The molecule has 0 radical (unpaired) electrons. The molecule has 0 bridgehead atoms. The summed E-state index contributed by atoms with van der Waals surface area (Å²) >= 11 is 0. The number of amides is 3. The number of nitrogens with one attached hydrogen (secondary N) is 3. The molecule has 0 saturated carbocycles. The van der Waals surface area contributed by atoms with Crippen molar-refractivity contribution in [2.24, 2.45) is 17.2 Å². The number of hydrogen-bond acceptors (Lipinski definition) is 6. The molecule has 4 rings (SSSR count). The largest absolute Gasteiger partial charge is 0.351 e. The lowest BCUT2D eigenvalue weighted by Crippen LogP contribution is -2.43. The average Bonchev–Trinajstić information content (AvgIpc) is 3.09. The summed E-state index contributed by atoms with van der Waals surface area (Å²) in [7, 11) is 0. The zero-order valence-corrected chi connectivity index (χ0v) is 28.1. The van der Waals surface area contributed by atoms with Crippen LogP contribution in [0.1, 0.15) is 50.1 Å². The molecule has 9 N–H and O–H groups in total. The van der Waals surface area contributed by atoms with Crippen LogP contribution < -0.4 is 33.2 Å². The summed E-state index contributed by atoms with van der Waals surface area (Å²) in [6.45, 7) is 6.66. The van der Waals surface area contributed by atoms with Gasteiger partial charge in [0, 0.05) is 19.6 Å². The molecule has 0 spiro atoms. The molecule has 0 aliphatic carbocycles. The smallest absolute Gasteiger partial charge is 0.237 e. The molecule has 3 atom stereocenters. The van der Waals surface area contributed by atoms with E-state index in [4.69, 9.17) is 17.2 Å². The third-order valence-electron chi connectivity index (χ3n) is 8.94. The van der Waals surface area contributed by atoms with Crippen LogP contribution in [0.4, 0.5) is 0 Å². The Morgan fingerprint density at radius 2 is 0.688 bits per heavy atom. The molecule has 4 aromatic rings. The Kier molecular flexibility index (Phi) is 13.0. The molecular formula is C39H48N6O3. The van der Waals surface area contributed by atoms with Gasteiger partial charge in [-0.3, -0.25) is 14.4 Å². The summed E-state index contributed by atoms with van der Waals surface area (Å²) in [6.07, 6.45) is 1.25. The quantitative estimate of drug-likeness (QED) is 0.116. The molecule has 0 aliphatic heterocycles. The molecule has 9 nitrogen and oxygen atoms in total. The van der Waals surface area contributed by atoms with Gasteiger partial charge in [-0.1, -0.05) is 91.0 Å². The lowest BCUT2D eigenvalue weighted by atomic mass is 9.87. The zero-order valence-electron chi connectivity index (χ0n) is 28.1. The summed E-state index contributed by atoms with van der Waals surface area (Å²) in [5, 5.41) is 9.05. The van der Waals surface area contributed by atoms with Crippen molar-refractivity contribution in [2.75, 3.05) is 0 Å². The zero-order chi connectivity index (χ0) is 34.6. The Hall–Kier alpha value is -4.83. The minimum absolute atomic E-state index is 0.238. The van der Waals surface area contributed by atoms with Gasteiger partial charge in [-0.05, 0) is 90.1 Å². The van der Waals surface area contributed by atoms with E-state index in [-0.39, 0.29) is 37.4 Å². The van der Waals surface area contributed by atoms with Crippen LogP contribution in [-0.4, -0.2) is 35.8 Å². The number of carbonyl (C=O) groups is 3. The molecule has 4 aromatic carbocycles. The number of carbonyl (C=O) groups excluding carboxylic acids is 3. The Balaban J connectivity index is 1.52. The molecule has 0 aromatic heterocycles. The fourth-order valence-electron chi connectivity index (χ4n) is 5.99. The van der Waals surface area contributed by atoms with Crippen LogP contribution in [0.2, 0.25) is 0 Å². The Labute approximate surface area is 283 Å². The highest BCUT2D eigenvalue weighted by atomic mass is 16.2. The van der Waals surface area contributed by atoms with Crippen molar-refractivity contribution in [3.05, 3.63) is 141 Å². The highest BCUT2D eigenvalue weighted by Gasteiger charge is 2.22. The summed E-state index contributed by atoms with van der Waals surface area (Å²) in [5.74, 6) is -0.787. The normalized spacial score (nSPS) is 12.9. The highest BCUT2D eigenvalue weighted by molar-refractivity contribution is 5.83. The number of benzene rings is 4. The van der Waals surface area contributed by atoms with Gasteiger partial charge in [0.15, 0.2) is 0 Å². The van der Waals surface area contributed by atoms with Gasteiger partial charge in [0.25, 0.3) is 0 Å². The Morgan fingerprint density at radius 3 is 0.917 bits per heavy atom. The predicted octanol–water partition coefficient (Wildman–Crippen LogP) is 3.17. The van der Waals surface area contributed by atoms with Crippen molar-refractivity contribution in [3.63, 3.8) is 0 Å². The van der Waals surface area contributed by atoms with Crippen LogP contribution in [0, 0.1) is 20.8 Å². The topological polar surface area (TPSA) is 165 Å². The average molecular weight is 649 g/mol. The maximum atomic E-state index is 13.1. The van der Waals surface area contributed by atoms with Crippen LogP contribution in [-0.2, 0) is 53.3 Å². The number of rotatable bonds is 15. The van der Waals surface area contributed by atoms with E-state index in [1.54, 1.807) is 0 Å². The van der Waals surface area contributed by atoms with Crippen LogP contribution >= 0.6 is 0 Å². The molecule has 48 heavy (non-hydrogen) atoms. The van der Waals surface area contributed by atoms with E-state index in [9.17, 15) is 14.4 Å². The maximum Gasteiger partial charge on any atom is 0.237 e. The first-order valence-electron chi connectivity index (χ1n) is 16.4. The van der Waals surface area contributed by atoms with E-state index >= 15 is 0 Å². The van der Waals surface area contributed by atoms with Gasteiger partial charge in [0.05, 0.1) is 18.1 Å². The van der Waals surface area contributed by atoms with Crippen molar-refractivity contribution >= 4 is 17.7 Å². The fraction of sp³-hybridized carbons (Fsp3) is 0.308. The third kappa shape index (κ3) is 9.84. The molecule has 3 amide bonds. The van der Waals surface area contributed by atoms with Crippen LogP contribution in [0.3, 0.4) is 0 Å². The second-order valence-electron chi connectivity index (χ2n) is 12.4. The Morgan fingerprint density at radius 1 is 0.458 bits per heavy atom. The van der Waals surface area contributed by atoms with Crippen molar-refractivity contribution in [3.8, 4) is 0 Å². The Bertz CT molecular complexity index is 1460. The van der Waals surface area contributed by atoms with Crippen molar-refractivity contribution in [2.45, 2.75) is 77.8 Å². The second kappa shape index (κ2) is 17.4. The van der Waals surface area contributed by atoms with Crippen molar-refractivity contribution in [1.29, 1.82) is 0 Å². The molecule has 252 valence electrons. The lowest BCUT2D eigenvalue weighted by molar-refractivity contribution is -0.123. The van der Waals surface area contributed by atoms with Gasteiger partial charge >= 0.3 is 0 Å². The van der Waals surface area contributed by atoms with Crippen LogP contribution in [0.15, 0.2) is 91.0 Å². The summed E-state index contributed by atoms with van der Waals surface area (Å²) in [4.78, 5) is 39.2. The SMILES string of the molecule is Cc1c(CNC(=O)C(N)Cc2ccccc2)c(C)c(CNC(=O)C(N)Cc2ccccc2)c(C)c1CNC(=O)C(N)Cc1ccccc1. The van der Waals surface area contributed by atoms with Crippen LogP contribution in [0.25, 0.3) is 0 Å². The first-order valence-corrected chi connectivity index (χ1v) is 16.4. The molecule has 9 heteroatoms. The molecule has 0 aliphatic rings. The minimum Gasteiger partial charge on any atom is -0.351 e. The first kappa shape index (κ1) is 36.0. The van der Waals surface area contributed by atoms with Gasteiger partial charge in [-0.15, -0.1) is 0 Å². The van der Waals surface area contributed by atoms with Crippen molar-refractivity contribution < 1.29 is 14.4 Å². The molecule has 3 unspecified atom stereocenters. The van der Waals surface area contributed by atoms with Crippen LogP contribution in [0.5, 0.6) is 0 Å². The number of hydrogen-bond donors (Lipinski definition) is 6. The lowest BCUT2D eigenvalue weighted by Gasteiger charge is -2.24.